The van der Waals surface area contributed by atoms with Crippen LogP contribution < -0.4 is 5.32 Å². The number of nitrogens with one attached hydrogen (secondary N) is 1. The summed E-state index contributed by atoms with van der Waals surface area (Å²) in [4.78, 5) is 14.3. The summed E-state index contributed by atoms with van der Waals surface area (Å²) in [5.74, 6) is 0.814. The lowest BCUT2D eigenvalue weighted by Crippen LogP contribution is -2.50. The van der Waals surface area contributed by atoms with Crippen LogP contribution in [0, 0.1) is 5.92 Å². The maximum Gasteiger partial charge on any atom is 0.253 e. The van der Waals surface area contributed by atoms with Crippen molar-refractivity contribution in [3.8, 4) is 0 Å². The Balaban J connectivity index is 1.97. The molecule has 2 rings (SSSR count). The molecule has 0 spiro atoms. The highest BCUT2D eigenvalue weighted by atomic mass is 16.5. The molecule has 2 heterocycles. The Kier molecular flexibility index (Phi) is 3.82. The summed E-state index contributed by atoms with van der Waals surface area (Å²) in [6.07, 6.45) is 1.94. The average Bonchev–Trinajstić information content (AvgIpc) is 2.70. The predicted octanol–water partition coefficient (Wildman–Crippen LogP) is 0.622. The van der Waals surface area contributed by atoms with Crippen molar-refractivity contribution in [1.82, 2.24) is 10.2 Å². The van der Waals surface area contributed by atoms with E-state index in [4.69, 9.17) is 4.74 Å². The highest BCUT2D eigenvalue weighted by Gasteiger charge is 2.36. The van der Waals surface area contributed by atoms with Crippen LogP contribution in [0.2, 0.25) is 0 Å². The first-order valence-electron chi connectivity index (χ1n) is 6.35. The van der Waals surface area contributed by atoms with Crippen molar-refractivity contribution < 1.29 is 9.53 Å². The SMILES string of the molecule is CCC1CC(C)CN1C(=O)C1CNCCO1. The van der Waals surface area contributed by atoms with E-state index < -0.39 is 0 Å². The van der Waals surface area contributed by atoms with Crippen molar-refractivity contribution in [2.75, 3.05) is 26.2 Å². The first-order valence-corrected chi connectivity index (χ1v) is 6.35. The zero-order valence-corrected chi connectivity index (χ0v) is 10.2. The van der Waals surface area contributed by atoms with Gasteiger partial charge in [-0.3, -0.25) is 4.79 Å². The minimum absolute atomic E-state index is 0.184. The fourth-order valence-corrected chi connectivity index (χ4v) is 2.72. The van der Waals surface area contributed by atoms with Gasteiger partial charge in [-0.15, -0.1) is 0 Å². The van der Waals surface area contributed by atoms with Gasteiger partial charge in [-0.05, 0) is 18.8 Å². The topological polar surface area (TPSA) is 41.6 Å². The Morgan fingerprint density at radius 3 is 3.00 bits per heavy atom. The van der Waals surface area contributed by atoms with Crippen molar-refractivity contribution in [2.24, 2.45) is 5.92 Å². The van der Waals surface area contributed by atoms with E-state index >= 15 is 0 Å². The van der Waals surface area contributed by atoms with Crippen molar-refractivity contribution in [3.63, 3.8) is 0 Å². The van der Waals surface area contributed by atoms with E-state index in [1.807, 2.05) is 4.90 Å². The Bertz CT molecular complexity index is 251. The van der Waals surface area contributed by atoms with E-state index in [2.05, 4.69) is 19.2 Å². The number of hydrogen-bond acceptors (Lipinski definition) is 3. The Hall–Kier alpha value is -0.610. The summed E-state index contributed by atoms with van der Waals surface area (Å²) < 4.78 is 5.53. The molecule has 4 heteroatoms. The van der Waals surface area contributed by atoms with Crippen LogP contribution in [-0.2, 0) is 9.53 Å². The minimum atomic E-state index is -0.256. The molecule has 2 fully saturated rings. The third kappa shape index (κ3) is 2.38. The van der Waals surface area contributed by atoms with Gasteiger partial charge in [-0.2, -0.15) is 0 Å². The average molecular weight is 226 g/mol. The van der Waals surface area contributed by atoms with Gasteiger partial charge < -0.3 is 15.0 Å². The van der Waals surface area contributed by atoms with Gasteiger partial charge in [0.15, 0.2) is 0 Å². The first-order chi connectivity index (χ1) is 7.72. The third-order valence-electron chi connectivity index (χ3n) is 3.58. The highest BCUT2D eigenvalue weighted by molar-refractivity contribution is 5.82. The van der Waals surface area contributed by atoms with Crippen molar-refractivity contribution in [2.45, 2.75) is 38.8 Å². The van der Waals surface area contributed by atoms with Crippen LogP contribution >= 0.6 is 0 Å². The van der Waals surface area contributed by atoms with E-state index in [-0.39, 0.29) is 12.0 Å². The molecular formula is C12H22N2O2. The zero-order valence-electron chi connectivity index (χ0n) is 10.2. The molecule has 1 amide bonds. The summed E-state index contributed by atoms with van der Waals surface area (Å²) in [6, 6.07) is 0.424. The van der Waals surface area contributed by atoms with Gasteiger partial charge in [0.1, 0.15) is 6.10 Å². The smallest absolute Gasteiger partial charge is 0.253 e. The minimum Gasteiger partial charge on any atom is -0.366 e. The number of likely N-dealkylation sites (tertiary alicyclic amines) is 1. The molecule has 2 saturated heterocycles. The van der Waals surface area contributed by atoms with Gasteiger partial charge in [0.2, 0.25) is 0 Å². The van der Waals surface area contributed by atoms with Crippen LogP contribution in [0.15, 0.2) is 0 Å². The summed E-state index contributed by atoms with van der Waals surface area (Å²) >= 11 is 0. The number of hydrogen-bond donors (Lipinski definition) is 1. The molecule has 3 unspecified atom stereocenters. The number of carbonyl (C=O) groups is 1. The summed E-state index contributed by atoms with van der Waals surface area (Å²) in [7, 11) is 0. The molecule has 4 nitrogen and oxygen atoms in total. The van der Waals surface area contributed by atoms with E-state index in [1.165, 1.54) is 0 Å². The monoisotopic (exact) mass is 226 g/mol. The predicted molar refractivity (Wildman–Crippen MR) is 62.2 cm³/mol. The molecule has 16 heavy (non-hydrogen) atoms. The molecule has 0 bridgehead atoms. The molecule has 2 aliphatic rings. The second-order valence-electron chi connectivity index (χ2n) is 4.96. The Labute approximate surface area is 97.3 Å². The number of nitrogens with zero attached hydrogens (tertiary/aromatic N) is 1. The van der Waals surface area contributed by atoms with Crippen LogP contribution in [-0.4, -0.2) is 49.2 Å². The number of ether oxygens (including phenoxy) is 1. The summed E-state index contributed by atoms with van der Waals surface area (Å²) in [5.41, 5.74) is 0. The first kappa shape index (κ1) is 11.9. The Morgan fingerprint density at radius 1 is 1.56 bits per heavy atom. The van der Waals surface area contributed by atoms with Gasteiger partial charge in [0.25, 0.3) is 5.91 Å². The van der Waals surface area contributed by atoms with Gasteiger partial charge in [-0.25, -0.2) is 0 Å². The number of carbonyl (C=O) groups excluding carboxylic acids is 1. The summed E-state index contributed by atoms with van der Waals surface area (Å²) in [5, 5.41) is 3.21. The standard InChI is InChI=1S/C12H22N2O2/c1-3-10-6-9(2)8-14(10)12(15)11-7-13-4-5-16-11/h9-11,13H,3-8H2,1-2H3. The lowest BCUT2D eigenvalue weighted by atomic mass is 10.1. The van der Waals surface area contributed by atoms with Crippen molar-refractivity contribution >= 4 is 5.91 Å². The van der Waals surface area contributed by atoms with Gasteiger partial charge in [-0.1, -0.05) is 13.8 Å². The lowest BCUT2D eigenvalue weighted by molar-refractivity contribution is -0.146. The molecule has 0 aromatic carbocycles. The van der Waals surface area contributed by atoms with Crippen molar-refractivity contribution in [3.05, 3.63) is 0 Å². The number of rotatable bonds is 2. The molecule has 0 saturated carbocycles. The van der Waals surface area contributed by atoms with Crippen LogP contribution in [0.25, 0.3) is 0 Å². The van der Waals surface area contributed by atoms with E-state index in [0.717, 1.165) is 25.9 Å². The Morgan fingerprint density at radius 2 is 2.38 bits per heavy atom. The second-order valence-corrected chi connectivity index (χ2v) is 4.96. The molecule has 0 aromatic heterocycles. The zero-order chi connectivity index (χ0) is 11.5. The normalized spacial score (nSPS) is 35.4. The van der Waals surface area contributed by atoms with Crippen molar-refractivity contribution in [1.29, 1.82) is 0 Å². The van der Waals surface area contributed by atoms with E-state index in [1.54, 1.807) is 0 Å². The molecule has 2 aliphatic heterocycles. The molecule has 0 radical (unpaired) electrons. The molecule has 3 atom stereocenters. The number of amides is 1. The third-order valence-corrected chi connectivity index (χ3v) is 3.58. The van der Waals surface area contributed by atoms with Crippen LogP contribution in [0.1, 0.15) is 26.7 Å². The molecule has 92 valence electrons. The van der Waals surface area contributed by atoms with E-state index in [0.29, 0.717) is 25.1 Å². The lowest BCUT2D eigenvalue weighted by Gasteiger charge is -2.30. The maximum absolute atomic E-state index is 12.3. The van der Waals surface area contributed by atoms with Gasteiger partial charge in [0.05, 0.1) is 6.61 Å². The van der Waals surface area contributed by atoms with Gasteiger partial charge in [0, 0.05) is 25.7 Å². The van der Waals surface area contributed by atoms with Crippen LogP contribution in [0.3, 0.4) is 0 Å². The fraction of sp³-hybridized carbons (Fsp3) is 0.917. The van der Waals surface area contributed by atoms with Gasteiger partial charge >= 0.3 is 0 Å². The highest BCUT2D eigenvalue weighted by Crippen LogP contribution is 2.26. The molecule has 0 aromatic rings. The quantitative estimate of drug-likeness (QED) is 0.750. The largest absolute Gasteiger partial charge is 0.366 e. The number of morpholine rings is 1. The van der Waals surface area contributed by atoms with E-state index in [9.17, 15) is 4.79 Å². The molecule has 1 N–H and O–H groups in total. The fourth-order valence-electron chi connectivity index (χ4n) is 2.72. The van der Waals surface area contributed by atoms with Crippen LogP contribution in [0.4, 0.5) is 0 Å². The second kappa shape index (κ2) is 5.15. The maximum atomic E-state index is 12.3. The van der Waals surface area contributed by atoms with Crippen LogP contribution in [0.5, 0.6) is 0 Å². The molecular weight excluding hydrogens is 204 g/mol. The summed E-state index contributed by atoms with van der Waals surface area (Å²) in [6.45, 7) is 7.45. The molecule has 0 aliphatic carbocycles.